The zero-order valence-corrected chi connectivity index (χ0v) is 15.1. The predicted octanol–water partition coefficient (Wildman–Crippen LogP) is 0.398. The average molecular weight is 366 g/mol. The number of hydrogen-bond donors (Lipinski definition) is 2. The fraction of sp³-hybridized carbons (Fsp3) is 0.529. The van der Waals surface area contributed by atoms with E-state index in [1.165, 1.54) is 32.4 Å². The van der Waals surface area contributed by atoms with Crippen molar-refractivity contribution in [3.63, 3.8) is 0 Å². The van der Waals surface area contributed by atoms with Crippen molar-refractivity contribution in [3.05, 3.63) is 28.3 Å². The van der Waals surface area contributed by atoms with E-state index in [9.17, 15) is 19.7 Å². The minimum absolute atomic E-state index is 0.115. The highest BCUT2D eigenvalue weighted by Crippen LogP contribution is 2.28. The van der Waals surface area contributed by atoms with Crippen LogP contribution in [0.1, 0.15) is 19.8 Å². The number of amides is 1. The summed E-state index contributed by atoms with van der Waals surface area (Å²) >= 11 is 0. The summed E-state index contributed by atoms with van der Waals surface area (Å²) in [4.78, 5) is 35.7. The number of likely N-dealkylation sites (tertiary alicyclic amines) is 1. The third-order valence-electron chi connectivity index (χ3n) is 4.82. The first kappa shape index (κ1) is 19.6. The number of anilines is 1. The Balaban J connectivity index is 2.02. The van der Waals surface area contributed by atoms with Gasteiger partial charge in [0.2, 0.25) is 0 Å². The van der Waals surface area contributed by atoms with Gasteiger partial charge in [0.05, 0.1) is 43.8 Å². The van der Waals surface area contributed by atoms with E-state index in [4.69, 9.17) is 9.47 Å². The van der Waals surface area contributed by atoms with Crippen LogP contribution in [-0.4, -0.2) is 50.2 Å². The molecule has 9 heteroatoms. The molecule has 2 rings (SSSR count). The molecule has 0 aliphatic carbocycles. The quantitative estimate of drug-likeness (QED) is 0.428. The zero-order valence-electron chi connectivity index (χ0n) is 15.1. The molecular formula is C17H24N3O6+. The van der Waals surface area contributed by atoms with E-state index in [1.807, 2.05) is 0 Å². The van der Waals surface area contributed by atoms with Gasteiger partial charge in [-0.25, -0.2) is 0 Å². The molecule has 0 spiro atoms. The first-order chi connectivity index (χ1) is 12.4. The molecule has 1 fully saturated rings. The molecule has 0 unspecified atom stereocenters. The Morgan fingerprint density at radius 1 is 1.31 bits per heavy atom. The standard InChI is InChI=1S/C17H23N3O6/c1-11(19-8-6-12(7-9-19)17(22)26-3)16(21)18-14-10-13(20(23)24)4-5-15(14)25-2/h4-5,10-12H,6-9H2,1-3H3,(H,18,21)/p+1/t11-/m0/s1. The van der Waals surface area contributed by atoms with Gasteiger partial charge in [0.15, 0.2) is 6.04 Å². The van der Waals surface area contributed by atoms with Gasteiger partial charge in [-0.3, -0.25) is 19.7 Å². The summed E-state index contributed by atoms with van der Waals surface area (Å²) in [5, 5.41) is 13.7. The molecule has 1 heterocycles. The van der Waals surface area contributed by atoms with E-state index in [1.54, 1.807) is 6.92 Å². The van der Waals surface area contributed by atoms with Crippen LogP contribution in [0.15, 0.2) is 18.2 Å². The molecule has 1 aliphatic heterocycles. The van der Waals surface area contributed by atoms with Crippen molar-refractivity contribution >= 4 is 23.3 Å². The lowest BCUT2D eigenvalue weighted by Crippen LogP contribution is -3.17. The van der Waals surface area contributed by atoms with Gasteiger partial charge < -0.3 is 19.7 Å². The van der Waals surface area contributed by atoms with Crippen molar-refractivity contribution in [2.24, 2.45) is 5.92 Å². The highest BCUT2D eigenvalue weighted by atomic mass is 16.6. The largest absolute Gasteiger partial charge is 0.495 e. The van der Waals surface area contributed by atoms with Crippen LogP contribution < -0.4 is 15.0 Å². The number of nitro benzene ring substituents is 1. The summed E-state index contributed by atoms with van der Waals surface area (Å²) in [6.07, 6.45) is 1.33. The molecule has 1 aliphatic rings. The van der Waals surface area contributed by atoms with Crippen LogP contribution in [0, 0.1) is 16.0 Å². The Kier molecular flexibility index (Phi) is 6.51. The molecule has 9 nitrogen and oxygen atoms in total. The molecule has 142 valence electrons. The number of methoxy groups -OCH3 is 2. The molecular weight excluding hydrogens is 342 g/mol. The van der Waals surface area contributed by atoms with Crippen LogP contribution in [0.4, 0.5) is 11.4 Å². The molecule has 1 aromatic carbocycles. The van der Waals surface area contributed by atoms with E-state index < -0.39 is 4.92 Å². The Bertz CT molecular complexity index is 685. The predicted molar refractivity (Wildman–Crippen MR) is 93.2 cm³/mol. The number of benzene rings is 1. The molecule has 0 saturated carbocycles. The maximum Gasteiger partial charge on any atom is 0.309 e. The number of hydrogen-bond acceptors (Lipinski definition) is 6. The van der Waals surface area contributed by atoms with Crippen molar-refractivity contribution in [1.82, 2.24) is 0 Å². The molecule has 1 amide bonds. The smallest absolute Gasteiger partial charge is 0.309 e. The summed E-state index contributed by atoms with van der Waals surface area (Å²) in [5.74, 6) is -0.218. The molecule has 26 heavy (non-hydrogen) atoms. The summed E-state index contributed by atoms with van der Waals surface area (Å²) in [6.45, 7) is 3.16. The minimum atomic E-state index is -0.526. The van der Waals surface area contributed by atoms with Gasteiger partial charge in [-0.15, -0.1) is 0 Å². The number of carbonyl (C=O) groups is 2. The summed E-state index contributed by atoms with van der Waals surface area (Å²) < 4.78 is 9.93. The van der Waals surface area contributed by atoms with Gasteiger partial charge in [0.1, 0.15) is 5.75 Å². The van der Waals surface area contributed by atoms with Gasteiger partial charge >= 0.3 is 5.97 Å². The number of non-ortho nitro benzene ring substituents is 1. The van der Waals surface area contributed by atoms with Gasteiger partial charge in [0, 0.05) is 25.0 Å². The van der Waals surface area contributed by atoms with Crippen molar-refractivity contribution in [2.45, 2.75) is 25.8 Å². The maximum atomic E-state index is 12.6. The SMILES string of the molecule is COC(=O)C1CC[NH+]([C@@H](C)C(=O)Nc2cc([N+](=O)[O-])ccc2OC)CC1. The molecule has 0 radical (unpaired) electrons. The highest BCUT2D eigenvalue weighted by molar-refractivity contribution is 5.95. The average Bonchev–Trinajstić information content (AvgIpc) is 2.66. The van der Waals surface area contributed by atoms with Crippen molar-refractivity contribution < 1.29 is 28.9 Å². The molecule has 2 N–H and O–H groups in total. The summed E-state index contributed by atoms with van der Waals surface area (Å²) in [6, 6.07) is 3.69. The number of quaternary nitrogens is 1. The normalized spacial score (nSPS) is 20.7. The number of nitrogens with one attached hydrogen (secondary N) is 2. The van der Waals surface area contributed by atoms with Crippen molar-refractivity contribution in [3.8, 4) is 5.75 Å². The van der Waals surface area contributed by atoms with Gasteiger partial charge in [-0.2, -0.15) is 0 Å². The number of rotatable bonds is 6. The van der Waals surface area contributed by atoms with Crippen LogP contribution in [0.5, 0.6) is 5.75 Å². The lowest BCUT2D eigenvalue weighted by atomic mass is 9.96. The number of piperidine rings is 1. The highest BCUT2D eigenvalue weighted by Gasteiger charge is 2.33. The molecule has 0 aromatic heterocycles. The summed E-state index contributed by atoms with van der Waals surface area (Å²) in [7, 11) is 2.81. The van der Waals surface area contributed by atoms with E-state index in [-0.39, 0.29) is 35.2 Å². The fourth-order valence-electron chi connectivity index (χ4n) is 3.16. The third-order valence-corrected chi connectivity index (χ3v) is 4.82. The Labute approximate surface area is 151 Å². The van der Waals surface area contributed by atoms with Crippen molar-refractivity contribution in [2.75, 3.05) is 32.6 Å². The van der Waals surface area contributed by atoms with E-state index in [0.29, 0.717) is 31.7 Å². The van der Waals surface area contributed by atoms with Crippen LogP contribution in [0.3, 0.4) is 0 Å². The Morgan fingerprint density at radius 3 is 2.50 bits per heavy atom. The van der Waals surface area contributed by atoms with E-state index in [2.05, 4.69) is 5.32 Å². The minimum Gasteiger partial charge on any atom is -0.495 e. The Hall–Kier alpha value is -2.68. The molecule has 1 atom stereocenters. The van der Waals surface area contributed by atoms with Crippen LogP contribution >= 0.6 is 0 Å². The second kappa shape index (κ2) is 8.61. The zero-order chi connectivity index (χ0) is 19.3. The number of nitrogens with zero attached hydrogens (tertiary/aromatic N) is 1. The molecule has 1 saturated heterocycles. The van der Waals surface area contributed by atoms with E-state index >= 15 is 0 Å². The number of esters is 1. The van der Waals surface area contributed by atoms with Crippen LogP contribution in [-0.2, 0) is 14.3 Å². The monoisotopic (exact) mass is 366 g/mol. The molecule has 1 aromatic rings. The van der Waals surface area contributed by atoms with Crippen LogP contribution in [0.2, 0.25) is 0 Å². The lowest BCUT2D eigenvalue weighted by molar-refractivity contribution is -0.919. The number of ether oxygens (including phenoxy) is 2. The number of carbonyl (C=O) groups excluding carboxylic acids is 2. The van der Waals surface area contributed by atoms with Gasteiger partial charge in [0.25, 0.3) is 11.6 Å². The van der Waals surface area contributed by atoms with Crippen LogP contribution in [0.25, 0.3) is 0 Å². The maximum absolute atomic E-state index is 12.6. The lowest BCUT2D eigenvalue weighted by Gasteiger charge is -2.31. The van der Waals surface area contributed by atoms with Crippen molar-refractivity contribution in [1.29, 1.82) is 0 Å². The first-order valence-corrected chi connectivity index (χ1v) is 8.43. The second-order valence-electron chi connectivity index (χ2n) is 6.31. The van der Waals surface area contributed by atoms with E-state index in [0.717, 1.165) is 4.90 Å². The van der Waals surface area contributed by atoms with Gasteiger partial charge in [-0.05, 0) is 13.0 Å². The Morgan fingerprint density at radius 2 is 1.96 bits per heavy atom. The summed E-state index contributed by atoms with van der Waals surface area (Å²) in [5.41, 5.74) is 0.141. The fourth-order valence-corrected chi connectivity index (χ4v) is 3.16. The second-order valence-corrected chi connectivity index (χ2v) is 6.31. The van der Waals surface area contributed by atoms with Gasteiger partial charge in [-0.1, -0.05) is 0 Å². The molecule has 0 bridgehead atoms. The third kappa shape index (κ3) is 4.48. The topological polar surface area (TPSA) is 112 Å². The number of nitro groups is 1. The first-order valence-electron chi connectivity index (χ1n) is 8.43.